The summed E-state index contributed by atoms with van der Waals surface area (Å²) in [4.78, 5) is 23.6. The number of esters is 2. The lowest BCUT2D eigenvalue weighted by Crippen LogP contribution is -2.40. The molecule has 6 heteroatoms. The largest absolute Gasteiger partial charge is 0.396 e. The Labute approximate surface area is 220 Å². The quantitative estimate of drug-likeness (QED) is 0.0566. The second-order valence-corrected chi connectivity index (χ2v) is 10.2. The highest BCUT2D eigenvalue weighted by Crippen LogP contribution is 2.22. The van der Waals surface area contributed by atoms with Gasteiger partial charge in [-0.1, -0.05) is 122 Å². The van der Waals surface area contributed by atoms with Crippen molar-refractivity contribution >= 4 is 11.9 Å². The Kier molecular flexibility index (Phi) is 21.5. The Bertz CT molecular complexity index is 585. The molecule has 0 aromatic heterocycles. The van der Waals surface area contributed by atoms with E-state index in [4.69, 9.17) is 14.6 Å². The van der Waals surface area contributed by atoms with Crippen molar-refractivity contribution in [3.05, 3.63) is 24.3 Å². The monoisotopic (exact) mass is 510 g/mol. The predicted molar refractivity (Wildman–Crippen MR) is 146 cm³/mol. The summed E-state index contributed by atoms with van der Waals surface area (Å²) >= 11 is 0. The summed E-state index contributed by atoms with van der Waals surface area (Å²) in [5.41, 5.74) is 0.244. The lowest BCUT2D eigenvalue weighted by Gasteiger charge is -2.27. The molecular formula is C30H54O6. The van der Waals surface area contributed by atoms with E-state index >= 15 is 0 Å². The fraction of sp³-hybridized carbons (Fsp3) is 0.800. The number of rotatable bonds is 25. The summed E-state index contributed by atoms with van der Waals surface area (Å²) in [5.74, 6) is -3.88. The second kappa shape index (κ2) is 22.5. The minimum atomic E-state index is -2.29. The predicted octanol–water partition coefficient (Wildman–Crippen LogP) is 7.67. The molecule has 0 bridgehead atoms. The van der Waals surface area contributed by atoms with Crippen LogP contribution in [0.2, 0.25) is 0 Å². The molecule has 0 aromatic rings. The van der Waals surface area contributed by atoms with Gasteiger partial charge in [0, 0.05) is 17.8 Å². The van der Waals surface area contributed by atoms with Gasteiger partial charge in [0.25, 0.3) is 0 Å². The zero-order chi connectivity index (χ0) is 27.1. The van der Waals surface area contributed by atoms with Crippen LogP contribution in [0.1, 0.15) is 142 Å². The van der Waals surface area contributed by atoms with E-state index in [-0.39, 0.29) is 17.6 Å². The highest BCUT2D eigenvalue weighted by Gasteiger charge is 2.36. The topological polar surface area (TPSA) is 93.1 Å². The van der Waals surface area contributed by atoms with Gasteiger partial charge in [-0.15, -0.1) is 0 Å². The molecule has 0 amide bonds. The van der Waals surface area contributed by atoms with E-state index in [9.17, 15) is 14.7 Å². The molecular weight excluding hydrogens is 456 g/mol. The van der Waals surface area contributed by atoms with Gasteiger partial charge in [0.05, 0.1) is 6.42 Å². The third-order valence-electron chi connectivity index (χ3n) is 6.35. The first-order chi connectivity index (χ1) is 17.2. The molecule has 0 aliphatic heterocycles. The van der Waals surface area contributed by atoms with E-state index in [2.05, 4.69) is 13.2 Å². The molecule has 2 N–H and O–H groups in total. The van der Waals surface area contributed by atoms with Gasteiger partial charge in [-0.25, -0.2) is 9.59 Å². The van der Waals surface area contributed by atoms with E-state index in [1.165, 1.54) is 104 Å². The zero-order valence-electron chi connectivity index (χ0n) is 23.3. The maximum Gasteiger partial charge on any atom is 0.373 e. The number of hydrogen-bond donors (Lipinski definition) is 2. The number of unbranched alkanes of at least 4 members (excludes halogenated alkanes) is 18. The van der Waals surface area contributed by atoms with Gasteiger partial charge < -0.3 is 19.7 Å². The molecule has 0 rings (SSSR count). The Morgan fingerprint density at radius 2 is 0.806 bits per heavy atom. The highest BCUT2D eigenvalue weighted by atomic mass is 16.8. The molecule has 0 unspecified atom stereocenters. The zero-order valence-corrected chi connectivity index (χ0v) is 23.3. The molecule has 0 spiro atoms. The van der Waals surface area contributed by atoms with Crippen molar-refractivity contribution in [3.8, 4) is 0 Å². The first-order valence-corrected chi connectivity index (χ1v) is 14.3. The van der Waals surface area contributed by atoms with E-state index in [1.807, 2.05) is 0 Å². The lowest BCUT2D eigenvalue weighted by molar-refractivity contribution is -0.325. The number of carbonyl (C=O) groups is 2. The van der Waals surface area contributed by atoms with Crippen LogP contribution in [0, 0.1) is 0 Å². The molecule has 0 aromatic carbocycles. The van der Waals surface area contributed by atoms with Crippen LogP contribution in [-0.2, 0) is 19.1 Å². The van der Waals surface area contributed by atoms with E-state index in [1.54, 1.807) is 0 Å². The minimum Gasteiger partial charge on any atom is -0.396 e. The molecule has 0 atom stereocenters. The summed E-state index contributed by atoms with van der Waals surface area (Å²) in [6.45, 7) is 10.3. The average molecular weight is 511 g/mol. The van der Waals surface area contributed by atoms with Crippen LogP contribution in [0.15, 0.2) is 24.3 Å². The maximum absolute atomic E-state index is 11.8. The van der Waals surface area contributed by atoms with Crippen molar-refractivity contribution in [2.75, 3.05) is 6.61 Å². The van der Waals surface area contributed by atoms with Crippen LogP contribution >= 0.6 is 0 Å². The second-order valence-electron chi connectivity index (χ2n) is 10.2. The van der Waals surface area contributed by atoms with Gasteiger partial charge in [-0.05, 0) is 26.7 Å². The van der Waals surface area contributed by atoms with Crippen LogP contribution < -0.4 is 0 Å². The number of aliphatic hydroxyl groups is 2. The van der Waals surface area contributed by atoms with Crippen LogP contribution in [0.3, 0.4) is 0 Å². The SMILES string of the molecule is C=C(C)C(=O)OC(O)(CCCCCCCCCCCCCCCCCCCCCO)OC(=O)C(=C)C. The molecule has 210 valence electrons. The molecule has 0 heterocycles. The van der Waals surface area contributed by atoms with Crippen LogP contribution in [-0.4, -0.2) is 34.7 Å². The first kappa shape index (κ1) is 34.3. The van der Waals surface area contributed by atoms with Crippen molar-refractivity contribution in [1.29, 1.82) is 0 Å². The third-order valence-corrected chi connectivity index (χ3v) is 6.35. The minimum absolute atomic E-state index is 0.0235. The third kappa shape index (κ3) is 20.5. The molecule has 0 saturated heterocycles. The van der Waals surface area contributed by atoms with Gasteiger partial charge >= 0.3 is 17.9 Å². The molecule has 0 saturated carbocycles. The van der Waals surface area contributed by atoms with Crippen molar-refractivity contribution in [2.24, 2.45) is 0 Å². The molecule has 36 heavy (non-hydrogen) atoms. The summed E-state index contributed by atoms with van der Waals surface area (Å²) < 4.78 is 9.97. The lowest BCUT2D eigenvalue weighted by atomic mass is 10.0. The van der Waals surface area contributed by atoms with Crippen molar-refractivity contribution < 1.29 is 29.3 Å². The number of carbonyl (C=O) groups excluding carboxylic acids is 2. The van der Waals surface area contributed by atoms with Crippen LogP contribution in [0.4, 0.5) is 0 Å². The molecule has 0 fully saturated rings. The van der Waals surface area contributed by atoms with Crippen molar-refractivity contribution in [2.45, 2.75) is 148 Å². The van der Waals surface area contributed by atoms with Crippen molar-refractivity contribution in [1.82, 2.24) is 0 Å². The Morgan fingerprint density at radius 1 is 0.556 bits per heavy atom. The van der Waals surface area contributed by atoms with Gasteiger partial charge in [-0.2, -0.15) is 0 Å². The Balaban J connectivity index is 3.68. The fourth-order valence-electron chi connectivity index (χ4n) is 4.05. The number of ether oxygens (including phenoxy) is 2. The van der Waals surface area contributed by atoms with Crippen LogP contribution in [0.25, 0.3) is 0 Å². The van der Waals surface area contributed by atoms with Gasteiger partial charge in [0.2, 0.25) is 0 Å². The normalized spacial score (nSPS) is 11.3. The van der Waals surface area contributed by atoms with E-state index < -0.39 is 17.9 Å². The molecule has 0 aliphatic carbocycles. The van der Waals surface area contributed by atoms with Gasteiger partial charge in [0.1, 0.15) is 0 Å². The average Bonchev–Trinajstić information content (AvgIpc) is 2.82. The highest BCUT2D eigenvalue weighted by molar-refractivity contribution is 5.88. The Morgan fingerprint density at radius 3 is 1.06 bits per heavy atom. The van der Waals surface area contributed by atoms with Gasteiger partial charge in [-0.3, -0.25) is 0 Å². The van der Waals surface area contributed by atoms with E-state index in [0.717, 1.165) is 25.7 Å². The van der Waals surface area contributed by atoms with Crippen LogP contribution in [0.5, 0.6) is 0 Å². The van der Waals surface area contributed by atoms with Gasteiger partial charge in [0.15, 0.2) is 0 Å². The smallest absolute Gasteiger partial charge is 0.373 e. The number of hydrogen-bond acceptors (Lipinski definition) is 6. The molecule has 6 nitrogen and oxygen atoms in total. The van der Waals surface area contributed by atoms with Crippen molar-refractivity contribution in [3.63, 3.8) is 0 Å². The summed E-state index contributed by atoms with van der Waals surface area (Å²) in [6, 6.07) is 0. The summed E-state index contributed by atoms with van der Waals surface area (Å²) in [5, 5.41) is 19.3. The Hall–Kier alpha value is -1.66. The molecule has 0 aliphatic rings. The first-order valence-electron chi connectivity index (χ1n) is 14.3. The standard InChI is InChI=1S/C30H54O6/c1-26(2)28(32)35-30(34,36-29(33)27(3)4)24-22-20-18-16-14-12-10-8-6-5-7-9-11-13-15-17-19-21-23-25-31/h31,34H,1,3,5-25H2,2,4H3. The number of aliphatic hydroxyl groups excluding tert-OH is 1. The van der Waals surface area contributed by atoms with E-state index in [0.29, 0.717) is 13.0 Å². The summed E-state index contributed by atoms with van der Waals surface area (Å²) in [6.07, 6.45) is 22.9. The maximum atomic E-state index is 11.8. The summed E-state index contributed by atoms with van der Waals surface area (Å²) in [7, 11) is 0. The molecule has 0 radical (unpaired) electrons. The fourth-order valence-corrected chi connectivity index (χ4v) is 4.05.